The molecule has 4 rings (SSSR count). The first kappa shape index (κ1) is 23.5. The fourth-order valence-electron chi connectivity index (χ4n) is 3.69. The van der Waals surface area contributed by atoms with Gasteiger partial charge in [0.15, 0.2) is 0 Å². The molecule has 11 heteroatoms. The number of hydrogen-bond donors (Lipinski definition) is 2. The number of carbonyl (C=O) groups is 2. The number of thiazole rings is 1. The number of esters is 1. The van der Waals surface area contributed by atoms with E-state index in [0.29, 0.717) is 17.0 Å². The molecule has 3 aromatic rings. The molecule has 0 saturated heterocycles. The van der Waals surface area contributed by atoms with Crippen molar-refractivity contribution in [3.8, 4) is 11.8 Å². The molecule has 10 nitrogen and oxygen atoms in total. The normalized spacial score (nSPS) is 15.3. The maximum Gasteiger partial charge on any atom is 0.332 e. The number of allylic oxidation sites excluding steroid dienone is 1. The van der Waals surface area contributed by atoms with E-state index in [1.54, 1.807) is 42.6 Å². The highest BCUT2D eigenvalue weighted by Gasteiger charge is 2.35. The number of fused-ring (bicyclic) bond motifs is 1. The summed E-state index contributed by atoms with van der Waals surface area (Å²) in [5.41, 5.74) is 6.77. The van der Waals surface area contributed by atoms with E-state index in [1.807, 2.05) is 6.07 Å². The molecule has 3 N–H and O–H groups in total. The standard InChI is InChI=1S/C24H19N5O5S/c1-33-15-7-5-14(6-8-15)28-22(31)20-19(13-4-3-9-27-12-13)16(11-25)21(26)29-23(32)17(35-24(20)29)10-18(30)34-2/h3-10,12,19H,26H2,1-2H3,(H,28,31). The molecule has 2 aromatic heterocycles. The molecule has 1 unspecified atom stereocenters. The van der Waals surface area contributed by atoms with Crippen LogP contribution in [0.5, 0.6) is 5.75 Å². The van der Waals surface area contributed by atoms with Crippen LogP contribution in [0.3, 0.4) is 0 Å². The van der Waals surface area contributed by atoms with Gasteiger partial charge in [-0.2, -0.15) is 5.26 Å². The van der Waals surface area contributed by atoms with Crippen LogP contribution < -0.4 is 30.5 Å². The molecule has 1 aromatic carbocycles. The van der Waals surface area contributed by atoms with Crippen LogP contribution in [0.4, 0.5) is 5.69 Å². The van der Waals surface area contributed by atoms with Gasteiger partial charge in [0.2, 0.25) is 0 Å². The van der Waals surface area contributed by atoms with Gasteiger partial charge in [0, 0.05) is 24.2 Å². The zero-order valence-corrected chi connectivity index (χ0v) is 19.5. The molecule has 3 heterocycles. The largest absolute Gasteiger partial charge is 0.497 e. The average Bonchev–Trinajstić information content (AvgIpc) is 3.20. The maximum atomic E-state index is 13.7. The van der Waals surface area contributed by atoms with Gasteiger partial charge in [-0.25, -0.2) is 4.79 Å². The number of nitrogens with zero attached hydrogens (tertiary/aromatic N) is 3. The molecule has 0 aliphatic carbocycles. The number of nitrogens with two attached hydrogens (primary N) is 1. The Kier molecular flexibility index (Phi) is 6.48. The van der Waals surface area contributed by atoms with Crippen molar-refractivity contribution >= 4 is 46.4 Å². The number of aromatic nitrogens is 2. The lowest BCUT2D eigenvalue weighted by atomic mass is 9.84. The molecule has 0 saturated carbocycles. The number of amides is 1. The zero-order valence-electron chi connectivity index (χ0n) is 18.6. The molecule has 1 aliphatic heterocycles. The smallest absolute Gasteiger partial charge is 0.332 e. The molecule has 0 radical (unpaired) electrons. The van der Waals surface area contributed by atoms with E-state index in [9.17, 15) is 19.6 Å². The lowest BCUT2D eigenvalue weighted by Crippen LogP contribution is -2.40. The fraction of sp³-hybridized carbons (Fsp3) is 0.125. The lowest BCUT2D eigenvalue weighted by molar-refractivity contribution is -0.133. The van der Waals surface area contributed by atoms with Gasteiger partial charge in [0.25, 0.3) is 11.5 Å². The van der Waals surface area contributed by atoms with Crippen LogP contribution in [0.15, 0.2) is 59.2 Å². The lowest BCUT2D eigenvalue weighted by Gasteiger charge is -2.25. The van der Waals surface area contributed by atoms with Crippen LogP contribution in [-0.2, 0) is 14.3 Å². The summed E-state index contributed by atoms with van der Waals surface area (Å²) in [6.45, 7) is 0. The Bertz CT molecular complexity index is 1560. The highest BCUT2D eigenvalue weighted by atomic mass is 32.1. The van der Waals surface area contributed by atoms with E-state index in [-0.39, 0.29) is 26.2 Å². The van der Waals surface area contributed by atoms with Crippen molar-refractivity contribution in [1.29, 1.82) is 5.26 Å². The van der Waals surface area contributed by atoms with E-state index in [2.05, 4.69) is 15.0 Å². The van der Waals surface area contributed by atoms with Crippen molar-refractivity contribution in [2.24, 2.45) is 5.73 Å². The number of hydrogen-bond acceptors (Lipinski definition) is 9. The third kappa shape index (κ3) is 4.30. The van der Waals surface area contributed by atoms with E-state index in [1.165, 1.54) is 20.4 Å². The molecule has 1 atom stereocenters. The first-order chi connectivity index (χ1) is 16.9. The van der Waals surface area contributed by atoms with Gasteiger partial charge in [-0.05, 0) is 35.9 Å². The van der Waals surface area contributed by atoms with Gasteiger partial charge in [-0.15, -0.1) is 11.3 Å². The number of benzene rings is 1. The number of methoxy groups -OCH3 is 2. The van der Waals surface area contributed by atoms with Crippen LogP contribution in [-0.4, -0.2) is 35.6 Å². The molecule has 35 heavy (non-hydrogen) atoms. The van der Waals surface area contributed by atoms with Gasteiger partial charge >= 0.3 is 5.97 Å². The summed E-state index contributed by atoms with van der Waals surface area (Å²) in [5, 5.41) is 12.8. The number of carbonyl (C=O) groups excluding carboxylic acids is 2. The fourth-order valence-corrected chi connectivity index (χ4v) is 4.82. The first-order valence-corrected chi connectivity index (χ1v) is 11.0. The number of ether oxygens (including phenoxy) is 2. The molecular weight excluding hydrogens is 470 g/mol. The number of anilines is 1. The van der Waals surface area contributed by atoms with Crippen LogP contribution in [0, 0.1) is 11.3 Å². The van der Waals surface area contributed by atoms with E-state index < -0.39 is 23.4 Å². The molecule has 176 valence electrons. The Labute approximate surface area is 202 Å². The number of pyridine rings is 1. The summed E-state index contributed by atoms with van der Waals surface area (Å²) in [4.78, 5) is 42.7. The molecule has 1 aliphatic rings. The highest BCUT2D eigenvalue weighted by Crippen LogP contribution is 2.36. The number of nitriles is 1. The quantitative estimate of drug-likeness (QED) is 0.492. The SMILES string of the molecule is COC(=O)C=c1sc2n(c1=O)C(N)=C(C#N)C(c1cccnc1)C=2C(=O)Nc1ccc(OC)cc1. The predicted octanol–water partition coefficient (Wildman–Crippen LogP) is 0.505. The summed E-state index contributed by atoms with van der Waals surface area (Å²) in [6, 6.07) is 12.1. The minimum Gasteiger partial charge on any atom is -0.497 e. The summed E-state index contributed by atoms with van der Waals surface area (Å²) >= 11 is 0.906. The molecule has 0 spiro atoms. The Balaban J connectivity index is 2.00. The van der Waals surface area contributed by atoms with Crippen molar-refractivity contribution in [2.45, 2.75) is 5.92 Å². The Hall–Kier alpha value is -4.69. The second-order valence-corrected chi connectivity index (χ2v) is 8.34. The van der Waals surface area contributed by atoms with E-state index in [4.69, 9.17) is 10.5 Å². The van der Waals surface area contributed by atoms with E-state index >= 15 is 0 Å². The third-order valence-corrected chi connectivity index (χ3v) is 6.44. The summed E-state index contributed by atoms with van der Waals surface area (Å²) in [6.07, 6.45) is 4.11. The summed E-state index contributed by atoms with van der Waals surface area (Å²) in [5.74, 6) is -1.69. The molecular formula is C24H19N5O5S. The second-order valence-electron chi connectivity index (χ2n) is 7.31. The Morgan fingerprint density at radius 2 is 2.00 bits per heavy atom. The van der Waals surface area contributed by atoms with Crippen LogP contribution in [0.2, 0.25) is 0 Å². The zero-order chi connectivity index (χ0) is 25.1. The summed E-state index contributed by atoms with van der Waals surface area (Å²) < 4.78 is 11.1. The monoisotopic (exact) mass is 489 g/mol. The number of nitrogens with one attached hydrogen (secondary N) is 1. The number of rotatable bonds is 5. The predicted molar refractivity (Wildman–Crippen MR) is 129 cm³/mol. The van der Waals surface area contributed by atoms with Gasteiger partial charge < -0.3 is 20.5 Å². The van der Waals surface area contributed by atoms with Gasteiger partial charge in [0.1, 0.15) is 20.8 Å². The highest BCUT2D eigenvalue weighted by molar-refractivity contribution is 7.07. The van der Waals surface area contributed by atoms with Crippen molar-refractivity contribution in [2.75, 3.05) is 19.5 Å². The maximum absolute atomic E-state index is 13.7. The summed E-state index contributed by atoms with van der Waals surface area (Å²) in [7, 11) is 2.72. The van der Waals surface area contributed by atoms with Crippen molar-refractivity contribution in [3.63, 3.8) is 0 Å². The second kappa shape index (κ2) is 9.66. The van der Waals surface area contributed by atoms with Crippen molar-refractivity contribution in [3.05, 3.63) is 79.5 Å². The first-order valence-electron chi connectivity index (χ1n) is 10.2. The van der Waals surface area contributed by atoms with E-state index in [0.717, 1.165) is 22.0 Å². The third-order valence-electron chi connectivity index (χ3n) is 5.33. The van der Waals surface area contributed by atoms with Gasteiger partial charge in [-0.1, -0.05) is 6.07 Å². The van der Waals surface area contributed by atoms with Crippen molar-refractivity contribution < 1.29 is 19.1 Å². The molecule has 0 fully saturated rings. The minimum atomic E-state index is -0.893. The molecule has 0 bridgehead atoms. The minimum absolute atomic E-state index is 0.00803. The van der Waals surface area contributed by atoms with Crippen LogP contribution in [0.25, 0.3) is 17.5 Å². The Morgan fingerprint density at radius 3 is 2.60 bits per heavy atom. The molecule has 1 amide bonds. The topological polar surface area (TPSA) is 149 Å². The average molecular weight is 490 g/mol. The van der Waals surface area contributed by atoms with Gasteiger partial charge in [-0.3, -0.25) is 19.1 Å². The van der Waals surface area contributed by atoms with Crippen molar-refractivity contribution in [1.82, 2.24) is 9.55 Å². The Morgan fingerprint density at radius 1 is 1.26 bits per heavy atom. The van der Waals surface area contributed by atoms with Crippen LogP contribution >= 0.6 is 11.3 Å². The van der Waals surface area contributed by atoms with Gasteiger partial charge in [0.05, 0.1) is 37.4 Å². The van der Waals surface area contributed by atoms with Crippen LogP contribution in [0.1, 0.15) is 11.5 Å².